The van der Waals surface area contributed by atoms with E-state index in [-0.39, 0.29) is 30.0 Å². The Morgan fingerprint density at radius 3 is 2.69 bits per heavy atom. The molecular weight excluding hydrogens is 587 g/mol. The lowest BCUT2D eigenvalue weighted by Gasteiger charge is -2.34. The SMILES string of the molecule is N[SH+](=O)c1ccc(Cc2c(-c3cccc(N4CCCC(F)(F)C4)c3)nn(-c3nc(C(=O)O)cs3)c2CC2CC2)cc1F. The van der Waals surface area contributed by atoms with Crippen LogP contribution in [0.3, 0.4) is 0 Å². The molecule has 1 unspecified atom stereocenters. The van der Waals surface area contributed by atoms with Crippen molar-refractivity contribution in [1.29, 1.82) is 0 Å². The maximum atomic E-state index is 14.8. The largest absolute Gasteiger partial charge is 0.476 e. The van der Waals surface area contributed by atoms with Crippen molar-refractivity contribution in [3.8, 4) is 16.4 Å². The van der Waals surface area contributed by atoms with E-state index in [0.717, 1.165) is 35.4 Å². The number of carboxylic acids is 1. The Morgan fingerprint density at radius 2 is 2.02 bits per heavy atom. The number of carbonyl (C=O) groups is 1. The van der Waals surface area contributed by atoms with Crippen LogP contribution in [0, 0.1) is 11.7 Å². The molecular formula is C29H29F3N5O3S2+. The topological polar surface area (TPSA) is 114 Å². The van der Waals surface area contributed by atoms with Gasteiger partial charge in [-0.25, -0.2) is 27.6 Å². The molecule has 1 aliphatic carbocycles. The lowest BCUT2D eigenvalue weighted by atomic mass is 9.96. The van der Waals surface area contributed by atoms with Gasteiger partial charge in [0.2, 0.25) is 10.0 Å². The van der Waals surface area contributed by atoms with Crippen LogP contribution in [0.1, 0.15) is 53.0 Å². The highest BCUT2D eigenvalue weighted by atomic mass is 32.2. The molecule has 6 rings (SSSR count). The van der Waals surface area contributed by atoms with Crippen molar-refractivity contribution in [3.05, 3.63) is 76.2 Å². The zero-order valence-corrected chi connectivity index (χ0v) is 24.2. The molecule has 0 radical (unpaired) electrons. The number of aromatic carboxylic acids is 1. The Kier molecular flexibility index (Phi) is 7.66. The number of alkyl halides is 2. The van der Waals surface area contributed by atoms with Gasteiger partial charge in [0.25, 0.3) is 5.92 Å². The normalized spacial score (nSPS) is 17.4. The Balaban J connectivity index is 1.48. The van der Waals surface area contributed by atoms with Crippen LogP contribution in [0.4, 0.5) is 18.9 Å². The third kappa shape index (κ3) is 5.99. The van der Waals surface area contributed by atoms with Crippen LogP contribution in [-0.4, -0.2) is 44.9 Å². The Labute approximate surface area is 246 Å². The van der Waals surface area contributed by atoms with Gasteiger partial charge in [0, 0.05) is 41.6 Å². The lowest BCUT2D eigenvalue weighted by Crippen LogP contribution is -2.42. The number of nitrogens with zero attached hydrogens (tertiary/aromatic N) is 4. The molecule has 0 bridgehead atoms. The van der Waals surface area contributed by atoms with E-state index in [1.807, 2.05) is 12.1 Å². The average Bonchev–Trinajstić information content (AvgIpc) is 3.50. The molecule has 2 aliphatic rings. The second-order valence-corrected chi connectivity index (χ2v) is 12.8. The Bertz CT molecular complexity index is 1680. The van der Waals surface area contributed by atoms with Gasteiger partial charge in [-0.2, -0.15) is 5.10 Å². The number of hydrogen-bond acceptors (Lipinski definition) is 6. The van der Waals surface area contributed by atoms with Gasteiger partial charge < -0.3 is 10.0 Å². The fourth-order valence-corrected chi connectivity index (χ4v) is 6.67. The van der Waals surface area contributed by atoms with Gasteiger partial charge in [0.15, 0.2) is 22.5 Å². The number of piperidine rings is 1. The summed E-state index contributed by atoms with van der Waals surface area (Å²) in [6.45, 7) is 0.149. The maximum absolute atomic E-state index is 14.8. The molecule has 13 heteroatoms. The summed E-state index contributed by atoms with van der Waals surface area (Å²) < 4.78 is 56.7. The van der Waals surface area contributed by atoms with E-state index in [2.05, 4.69) is 4.98 Å². The van der Waals surface area contributed by atoms with Crippen molar-refractivity contribution in [2.45, 2.75) is 49.3 Å². The van der Waals surface area contributed by atoms with Gasteiger partial charge in [-0.3, -0.25) is 0 Å². The predicted octanol–water partition coefficient (Wildman–Crippen LogP) is 5.54. The quantitative estimate of drug-likeness (QED) is 0.189. The first-order valence-electron chi connectivity index (χ1n) is 13.6. The van der Waals surface area contributed by atoms with Crippen LogP contribution in [0.25, 0.3) is 16.4 Å². The molecule has 8 nitrogen and oxygen atoms in total. The molecule has 1 aliphatic heterocycles. The highest BCUT2D eigenvalue weighted by molar-refractivity contribution is 7.82. The summed E-state index contributed by atoms with van der Waals surface area (Å²) in [4.78, 5) is 17.5. The van der Waals surface area contributed by atoms with E-state index in [1.165, 1.54) is 17.5 Å². The number of anilines is 1. The first-order valence-corrected chi connectivity index (χ1v) is 15.8. The van der Waals surface area contributed by atoms with Gasteiger partial charge in [-0.05, 0) is 61.4 Å². The molecule has 2 fully saturated rings. The van der Waals surface area contributed by atoms with Crippen LogP contribution in [0.15, 0.2) is 52.7 Å². The summed E-state index contributed by atoms with van der Waals surface area (Å²) in [6.07, 6.45) is 3.28. The van der Waals surface area contributed by atoms with Crippen LogP contribution in [0.2, 0.25) is 0 Å². The van der Waals surface area contributed by atoms with E-state index in [0.29, 0.717) is 52.9 Å². The number of thiol groups is 1. The van der Waals surface area contributed by atoms with E-state index in [1.54, 1.807) is 27.8 Å². The van der Waals surface area contributed by atoms with E-state index < -0.39 is 28.7 Å². The van der Waals surface area contributed by atoms with Crippen molar-refractivity contribution in [2.24, 2.45) is 11.1 Å². The van der Waals surface area contributed by atoms with E-state index in [9.17, 15) is 27.3 Å². The number of halogens is 3. The number of thiazole rings is 1. The molecule has 3 N–H and O–H groups in total. The third-order valence-electron chi connectivity index (χ3n) is 7.67. The number of rotatable bonds is 9. The Hall–Kier alpha value is -3.55. The average molecular weight is 617 g/mol. The summed E-state index contributed by atoms with van der Waals surface area (Å²) in [5, 5.41) is 21.7. The maximum Gasteiger partial charge on any atom is 0.355 e. The fraction of sp³-hybridized carbons (Fsp3) is 0.345. The standard InChI is InChI=1S/C29H28F3N5O3S2/c30-22-12-18(7-8-25(22)42(33)40)11-21-24(13-17-5-6-17)37(28-34-23(15-41-28)27(38)39)35-26(21)19-3-1-4-20(14-19)36-10-2-9-29(31,32)16-36/h1,3-4,7-8,12,14-15,17H,2,5-6,9-11,13,16H2,(H2,33,40)(H,38,39)/p+1. The molecule has 220 valence electrons. The lowest BCUT2D eigenvalue weighted by molar-refractivity contribution is -0.0116. The molecule has 4 aromatic rings. The first-order chi connectivity index (χ1) is 20.1. The zero-order chi connectivity index (χ0) is 29.6. The molecule has 1 saturated carbocycles. The minimum Gasteiger partial charge on any atom is -0.476 e. The zero-order valence-electron chi connectivity index (χ0n) is 22.5. The smallest absolute Gasteiger partial charge is 0.355 e. The second-order valence-electron chi connectivity index (χ2n) is 10.9. The number of carboxylic acid groups (broad SMARTS) is 1. The van der Waals surface area contributed by atoms with Crippen molar-refractivity contribution >= 4 is 34.0 Å². The first kappa shape index (κ1) is 28.6. The number of benzene rings is 2. The van der Waals surface area contributed by atoms with Crippen LogP contribution < -0.4 is 10.0 Å². The van der Waals surface area contributed by atoms with Crippen molar-refractivity contribution < 1.29 is 27.3 Å². The van der Waals surface area contributed by atoms with Crippen LogP contribution in [0.5, 0.6) is 0 Å². The molecule has 0 spiro atoms. The highest BCUT2D eigenvalue weighted by Gasteiger charge is 2.35. The Morgan fingerprint density at radius 1 is 1.21 bits per heavy atom. The summed E-state index contributed by atoms with van der Waals surface area (Å²) in [6, 6.07) is 11.7. The minimum atomic E-state index is -2.77. The van der Waals surface area contributed by atoms with Gasteiger partial charge in [-0.15, -0.1) is 16.5 Å². The van der Waals surface area contributed by atoms with Crippen LogP contribution in [-0.2, 0) is 28.0 Å². The van der Waals surface area contributed by atoms with Crippen LogP contribution >= 0.6 is 11.3 Å². The van der Waals surface area contributed by atoms with Gasteiger partial charge in [0.05, 0.1) is 17.9 Å². The van der Waals surface area contributed by atoms with Gasteiger partial charge in [0.1, 0.15) is 0 Å². The summed E-state index contributed by atoms with van der Waals surface area (Å²) in [5.74, 6) is -4.15. The summed E-state index contributed by atoms with van der Waals surface area (Å²) in [5.41, 5.74) is 4.10. The predicted molar refractivity (Wildman–Crippen MR) is 156 cm³/mol. The summed E-state index contributed by atoms with van der Waals surface area (Å²) >= 11 is 1.16. The monoisotopic (exact) mass is 616 g/mol. The molecule has 2 aromatic carbocycles. The second kappa shape index (κ2) is 11.3. The van der Waals surface area contributed by atoms with E-state index in [4.69, 9.17) is 10.2 Å². The van der Waals surface area contributed by atoms with E-state index >= 15 is 0 Å². The van der Waals surface area contributed by atoms with Crippen molar-refractivity contribution in [3.63, 3.8) is 0 Å². The fourth-order valence-electron chi connectivity index (χ4n) is 5.41. The van der Waals surface area contributed by atoms with Gasteiger partial charge in [-0.1, -0.05) is 22.4 Å². The molecule has 1 atom stereocenters. The van der Waals surface area contributed by atoms with Crippen molar-refractivity contribution in [1.82, 2.24) is 14.8 Å². The minimum absolute atomic E-state index is 0.0575. The molecule has 3 heterocycles. The number of nitrogens with two attached hydrogens (primary N) is 1. The molecule has 42 heavy (non-hydrogen) atoms. The van der Waals surface area contributed by atoms with Crippen molar-refractivity contribution in [2.75, 3.05) is 18.0 Å². The molecule has 1 saturated heterocycles. The molecule has 2 aromatic heterocycles. The van der Waals surface area contributed by atoms with Gasteiger partial charge >= 0.3 is 5.97 Å². The summed E-state index contributed by atoms with van der Waals surface area (Å²) in [7, 11) is -2.34. The number of hydrogen-bond donors (Lipinski definition) is 2. The molecule has 0 amide bonds. The third-order valence-corrected chi connectivity index (χ3v) is 9.32. The highest BCUT2D eigenvalue weighted by Crippen LogP contribution is 2.39. The number of aromatic nitrogens is 3.